The highest BCUT2D eigenvalue weighted by molar-refractivity contribution is 7.99. The number of nitrogens with zero attached hydrogens (tertiary/aromatic N) is 3. The molecule has 7 heteroatoms. The molecule has 0 N–H and O–H groups in total. The largest absolute Gasteiger partial charge is 0.344 e. The smallest absolute Gasteiger partial charge is 0.262 e. The van der Waals surface area contributed by atoms with Crippen LogP contribution in [0, 0.1) is 13.8 Å². The highest BCUT2D eigenvalue weighted by atomic mass is 32.2. The molecule has 148 valence electrons. The summed E-state index contributed by atoms with van der Waals surface area (Å²) < 4.78 is 3.69. The van der Waals surface area contributed by atoms with Crippen LogP contribution in [0.4, 0.5) is 0 Å². The number of rotatable bonds is 6. The molecule has 0 aliphatic rings. The molecule has 0 radical (unpaired) electrons. The maximum absolute atomic E-state index is 12.9. The normalized spacial score (nSPS) is 11.3. The van der Waals surface area contributed by atoms with Gasteiger partial charge in [-0.25, -0.2) is 4.98 Å². The van der Waals surface area contributed by atoms with Gasteiger partial charge in [0.05, 0.1) is 11.1 Å². The summed E-state index contributed by atoms with van der Waals surface area (Å²) in [6.07, 6.45) is 0. The Labute approximate surface area is 177 Å². The third-order valence-corrected chi connectivity index (χ3v) is 6.89. The standard InChI is InChI=1S/C22H21N3O2S2/c1-14-11-18(15(2)25(14)12-16-7-5-4-6-8-16)19(26)13-29-22-23-20-17(9-10-28-20)21(27)24(22)3/h4-11H,12-13H2,1-3H3. The summed E-state index contributed by atoms with van der Waals surface area (Å²) in [6.45, 7) is 4.75. The van der Waals surface area contributed by atoms with Crippen molar-refractivity contribution in [2.45, 2.75) is 25.5 Å². The zero-order valence-corrected chi connectivity index (χ0v) is 18.1. The molecule has 4 rings (SSSR count). The number of fused-ring (bicyclic) bond motifs is 1. The third-order valence-electron chi connectivity index (χ3n) is 5.05. The first-order chi connectivity index (χ1) is 14.0. The third kappa shape index (κ3) is 3.80. The van der Waals surface area contributed by atoms with Gasteiger partial charge in [-0.3, -0.25) is 14.2 Å². The van der Waals surface area contributed by atoms with Crippen LogP contribution in [0.15, 0.2) is 57.8 Å². The molecule has 0 aliphatic carbocycles. The van der Waals surface area contributed by atoms with Crippen LogP contribution in [0.5, 0.6) is 0 Å². The lowest BCUT2D eigenvalue weighted by molar-refractivity contribution is 0.102. The minimum absolute atomic E-state index is 0.0444. The minimum Gasteiger partial charge on any atom is -0.344 e. The van der Waals surface area contributed by atoms with Crippen molar-refractivity contribution >= 4 is 39.1 Å². The quantitative estimate of drug-likeness (QED) is 0.261. The first-order valence-corrected chi connectivity index (χ1v) is 11.1. The topological polar surface area (TPSA) is 56.9 Å². The van der Waals surface area contributed by atoms with E-state index in [0.717, 1.165) is 23.5 Å². The minimum atomic E-state index is -0.0766. The second-order valence-corrected chi connectivity index (χ2v) is 8.80. The predicted molar refractivity (Wildman–Crippen MR) is 119 cm³/mol. The monoisotopic (exact) mass is 423 g/mol. The molecular weight excluding hydrogens is 402 g/mol. The number of aryl methyl sites for hydroxylation is 1. The molecule has 0 amide bonds. The summed E-state index contributed by atoms with van der Waals surface area (Å²) in [5.74, 6) is 0.287. The average molecular weight is 424 g/mol. The van der Waals surface area contributed by atoms with Crippen molar-refractivity contribution in [3.8, 4) is 0 Å². The van der Waals surface area contributed by atoms with Crippen LogP contribution in [0.1, 0.15) is 27.3 Å². The number of aromatic nitrogens is 3. The van der Waals surface area contributed by atoms with Gasteiger partial charge in [-0.05, 0) is 36.9 Å². The number of hydrogen-bond acceptors (Lipinski definition) is 5. The molecule has 0 bridgehead atoms. The number of benzene rings is 1. The van der Waals surface area contributed by atoms with Crippen molar-refractivity contribution in [3.05, 3.63) is 80.7 Å². The van der Waals surface area contributed by atoms with Gasteiger partial charge in [-0.1, -0.05) is 42.1 Å². The Morgan fingerprint density at radius 3 is 2.69 bits per heavy atom. The van der Waals surface area contributed by atoms with E-state index >= 15 is 0 Å². The van der Waals surface area contributed by atoms with Crippen LogP contribution in [0.25, 0.3) is 10.2 Å². The number of carbonyl (C=O) groups is 1. The fourth-order valence-corrected chi connectivity index (χ4v) is 5.07. The zero-order valence-electron chi connectivity index (χ0n) is 16.5. The molecule has 3 aromatic heterocycles. The van der Waals surface area contributed by atoms with Crippen molar-refractivity contribution in [3.63, 3.8) is 0 Å². The summed E-state index contributed by atoms with van der Waals surface area (Å²) in [5.41, 5.74) is 3.88. The van der Waals surface area contributed by atoms with Crippen molar-refractivity contribution < 1.29 is 4.79 Å². The number of thiophene rings is 1. The van der Waals surface area contributed by atoms with Gasteiger partial charge in [0.15, 0.2) is 10.9 Å². The van der Waals surface area contributed by atoms with Crippen molar-refractivity contribution in [2.24, 2.45) is 7.05 Å². The second-order valence-electron chi connectivity index (χ2n) is 6.97. The summed E-state index contributed by atoms with van der Waals surface area (Å²) >= 11 is 2.75. The molecule has 0 atom stereocenters. The SMILES string of the molecule is Cc1cc(C(=O)CSc2nc3sccc3c(=O)n2C)c(C)n1Cc1ccccc1. The summed E-state index contributed by atoms with van der Waals surface area (Å²) in [6, 6.07) is 14.0. The molecule has 0 fully saturated rings. The van der Waals surface area contributed by atoms with Crippen molar-refractivity contribution in [2.75, 3.05) is 5.75 Å². The van der Waals surface area contributed by atoms with Gasteiger partial charge in [-0.2, -0.15) is 0 Å². The van der Waals surface area contributed by atoms with E-state index in [9.17, 15) is 9.59 Å². The molecule has 5 nitrogen and oxygen atoms in total. The summed E-state index contributed by atoms with van der Waals surface area (Å²) in [4.78, 5) is 30.6. The Morgan fingerprint density at radius 1 is 1.17 bits per heavy atom. The van der Waals surface area contributed by atoms with Crippen molar-refractivity contribution in [1.29, 1.82) is 0 Å². The number of hydrogen-bond donors (Lipinski definition) is 0. The maximum atomic E-state index is 12.9. The number of thioether (sulfide) groups is 1. The lowest BCUT2D eigenvalue weighted by Gasteiger charge is -2.10. The van der Waals surface area contributed by atoms with Gasteiger partial charge in [0, 0.05) is 30.5 Å². The Hall–Kier alpha value is -2.64. The molecule has 0 unspecified atom stereocenters. The van der Waals surface area contributed by atoms with Crippen LogP contribution in [-0.2, 0) is 13.6 Å². The predicted octanol–water partition coefficient (Wildman–Crippen LogP) is 4.44. The fraction of sp³-hybridized carbons (Fsp3) is 0.227. The molecule has 4 aromatic rings. The van der Waals surface area contributed by atoms with Gasteiger partial charge in [0.2, 0.25) is 0 Å². The van der Waals surface area contributed by atoms with Crippen LogP contribution < -0.4 is 5.56 Å². The molecule has 29 heavy (non-hydrogen) atoms. The van der Waals surface area contributed by atoms with Gasteiger partial charge < -0.3 is 4.57 Å². The number of ketones is 1. The molecule has 3 heterocycles. The first kappa shape index (κ1) is 19.7. The van der Waals surface area contributed by atoms with Crippen LogP contribution in [0.2, 0.25) is 0 Å². The Morgan fingerprint density at radius 2 is 1.93 bits per heavy atom. The fourth-order valence-electron chi connectivity index (χ4n) is 3.41. The highest BCUT2D eigenvalue weighted by Crippen LogP contribution is 2.23. The molecule has 0 aliphatic heterocycles. The van der Waals surface area contributed by atoms with E-state index in [0.29, 0.717) is 15.4 Å². The van der Waals surface area contributed by atoms with Crippen molar-refractivity contribution in [1.82, 2.24) is 14.1 Å². The van der Waals surface area contributed by atoms with Gasteiger partial charge in [-0.15, -0.1) is 11.3 Å². The van der Waals surface area contributed by atoms with Gasteiger partial charge >= 0.3 is 0 Å². The van der Waals surface area contributed by atoms with E-state index in [1.807, 2.05) is 43.5 Å². The van der Waals surface area contributed by atoms with Crippen LogP contribution >= 0.6 is 23.1 Å². The molecule has 0 saturated heterocycles. The van der Waals surface area contributed by atoms with E-state index in [1.165, 1.54) is 33.2 Å². The van der Waals surface area contributed by atoms with E-state index in [2.05, 4.69) is 21.7 Å². The van der Waals surface area contributed by atoms with Crippen LogP contribution in [0.3, 0.4) is 0 Å². The van der Waals surface area contributed by atoms with E-state index in [1.54, 1.807) is 13.1 Å². The number of Topliss-reactive ketones (excluding diaryl/α,β-unsaturated/α-hetero) is 1. The second kappa shape index (κ2) is 8.00. The molecule has 1 aromatic carbocycles. The number of carbonyl (C=O) groups excluding carboxylic acids is 1. The Bertz CT molecular complexity index is 1250. The maximum Gasteiger partial charge on any atom is 0.262 e. The van der Waals surface area contributed by atoms with E-state index < -0.39 is 0 Å². The lowest BCUT2D eigenvalue weighted by atomic mass is 10.2. The van der Waals surface area contributed by atoms with E-state index in [-0.39, 0.29) is 17.1 Å². The highest BCUT2D eigenvalue weighted by Gasteiger charge is 2.18. The summed E-state index contributed by atoms with van der Waals surface area (Å²) in [7, 11) is 1.70. The Kier molecular flexibility index (Phi) is 5.43. The van der Waals surface area contributed by atoms with Crippen LogP contribution in [-0.4, -0.2) is 25.7 Å². The first-order valence-electron chi connectivity index (χ1n) is 9.26. The van der Waals surface area contributed by atoms with Gasteiger partial charge in [0.1, 0.15) is 4.83 Å². The average Bonchev–Trinajstić information content (AvgIpc) is 3.30. The van der Waals surface area contributed by atoms with E-state index in [4.69, 9.17) is 0 Å². The molecular formula is C22H21N3O2S2. The molecule has 0 spiro atoms. The molecule has 0 saturated carbocycles. The lowest BCUT2D eigenvalue weighted by Crippen LogP contribution is -2.19. The summed E-state index contributed by atoms with van der Waals surface area (Å²) in [5, 5.41) is 3.05. The van der Waals surface area contributed by atoms with Gasteiger partial charge in [0.25, 0.3) is 5.56 Å². The Balaban J connectivity index is 1.54. The zero-order chi connectivity index (χ0) is 20.5.